The van der Waals surface area contributed by atoms with Crippen molar-refractivity contribution in [1.82, 2.24) is 4.98 Å². The molecule has 0 aliphatic carbocycles. The molecule has 0 aliphatic rings. The van der Waals surface area contributed by atoms with Gasteiger partial charge < -0.3 is 0 Å². The number of benzene rings is 2. The lowest BCUT2D eigenvalue weighted by molar-refractivity contribution is -0.141. The third kappa shape index (κ3) is 3.23. The van der Waals surface area contributed by atoms with Crippen LogP contribution >= 0.6 is 0 Å². The monoisotopic (exact) mass is 317 g/mol. The zero-order valence-corrected chi connectivity index (χ0v) is 11.8. The lowest BCUT2D eigenvalue weighted by Gasteiger charge is -2.12. The van der Waals surface area contributed by atoms with Gasteiger partial charge in [0.05, 0.1) is 5.69 Å². The topological polar surface area (TPSA) is 12.9 Å². The summed E-state index contributed by atoms with van der Waals surface area (Å²) in [5.74, 6) is -0.578. The molecule has 3 rings (SSSR count). The van der Waals surface area contributed by atoms with Crippen LogP contribution in [0.5, 0.6) is 0 Å². The molecule has 0 unspecified atom stereocenters. The number of alkyl halides is 3. The van der Waals surface area contributed by atoms with E-state index < -0.39 is 17.7 Å². The minimum Gasteiger partial charge on any atom is -0.243 e. The first kappa shape index (κ1) is 15.2. The van der Waals surface area contributed by atoms with Crippen LogP contribution in [0.15, 0.2) is 66.7 Å². The standard InChI is InChI=1S/C18H11F4N/c19-15-9-5-4-8-14(15)13-10-16(12-6-2-1-3-7-12)23-17(11-13)18(20,21)22/h1-11H. The normalized spacial score (nSPS) is 11.5. The lowest BCUT2D eigenvalue weighted by Crippen LogP contribution is -2.09. The van der Waals surface area contributed by atoms with E-state index >= 15 is 0 Å². The quantitative estimate of drug-likeness (QED) is 0.563. The second-order valence-corrected chi connectivity index (χ2v) is 4.97. The maximum Gasteiger partial charge on any atom is 0.433 e. The van der Waals surface area contributed by atoms with E-state index in [-0.39, 0.29) is 16.8 Å². The van der Waals surface area contributed by atoms with Gasteiger partial charge >= 0.3 is 6.18 Å². The summed E-state index contributed by atoms with van der Waals surface area (Å²) in [7, 11) is 0. The molecule has 1 aromatic heterocycles. The Hall–Kier alpha value is -2.69. The molecule has 0 atom stereocenters. The Balaban J connectivity index is 2.23. The second-order valence-electron chi connectivity index (χ2n) is 4.97. The fourth-order valence-electron chi connectivity index (χ4n) is 2.28. The van der Waals surface area contributed by atoms with Crippen molar-refractivity contribution in [1.29, 1.82) is 0 Å². The number of nitrogens with zero attached hydrogens (tertiary/aromatic N) is 1. The van der Waals surface area contributed by atoms with Crippen molar-refractivity contribution in [2.75, 3.05) is 0 Å². The number of pyridine rings is 1. The van der Waals surface area contributed by atoms with Crippen molar-refractivity contribution in [2.24, 2.45) is 0 Å². The Kier molecular flexibility index (Phi) is 3.86. The summed E-state index contributed by atoms with van der Waals surface area (Å²) in [6, 6.07) is 16.5. The predicted molar refractivity (Wildman–Crippen MR) is 80.1 cm³/mol. The van der Waals surface area contributed by atoms with E-state index in [1.807, 2.05) is 0 Å². The van der Waals surface area contributed by atoms with Crippen LogP contribution in [0.25, 0.3) is 22.4 Å². The minimum atomic E-state index is -4.61. The van der Waals surface area contributed by atoms with E-state index in [1.54, 1.807) is 36.4 Å². The van der Waals surface area contributed by atoms with Crippen molar-refractivity contribution in [3.63, 3.8) is 0 Å². The molecule has 0 saturated heterocycles. The van der Waals surface area contributed by atoms with Gasteiger partial charge in [-0.25, -0.2) is 9.37 Å². The van der Waals surface area contributed by atoms with Crippen LogP contribution < -0.4 is 0 Å². The van der Waals surface area contributed by atoms with Crippen molar-refractivity contribution >= 4 is 0 Å². The van der Waals surface area contributed by atoms with Gasteiger partial charge in [0.2, 0.25) is 0 Å². The number of rotatable bonds is 2. The molecule has 0 amide bonds. The van der Waals surface area contributed by atoms with Gasteiger partial charge in [0.25, 0.3) is 0 Å². The van der Waals surface area contributed by atoms with Crippen molar-refractivity contribution in [2.45, 2.75) is 6.18 Å². The average Bonchev–Trinajstić information content (AvgIpc) is 2.55. The van der Waals surface area contributed by atoms with Gasteiger partial charge in [-0.2, -0.15) is 13.2 Å². The molecule has 0 aliphatic heterocycles. The highest BCUT2D eigenvalue weighted by molar-refractivity contribution is 5.71. The smallest absolute Gasteiger partial charge is 0.243 e. The van der Waals surface area contributed by atoms with E-state index in [4.69, 9.17) is 0 Å². The summed E-state index contributed by atoms with van der Waals surface area (Å²) in [6.07, 6.45) is -4.61. The molecule has 5 heteroatoms. The Morgan fingerprint density at radius 1 is 0.739 bits per heavy atom. The van der Waals surface area contributed by atoms with Gasteiger partial charge in [0.1, 0.15) is 11.5 Å². The Bertz CT molecular complexity index is 826. The molecule has 0 fully saturated rings. The average molecular weight is 317 g/mol. The van der Waals surface area contributed by atoms with Gasteiger partial charge in [-0.3, -0.25) is 0 Å². The van der Waals surface area contributed by atoms with Crippen molar-refractivity contribution in [3.05, 3.63) is 78.2 Å². The van der Waals surface area contributed by atoms with E-state index in [0.717, 1.165) is 6.07 Å². The fraction of sp³-hybridized carbons (Fsp3) is 0.0556. The molecular formula is C18H11F4N. The lowest BCUT2D eigenvalue weighted by atomic mass is 10.0. The number of hydrogen-bond donors (Lipinski definition) is 0. The molecule has 2 aromatic carbocycles. The first-order chi connectivity index (χ1) is 10.9. The highest BCUT2D eigenvalue weighted by atomic mass is 19.4. The molecule has 1 heterocycles. The maximum absolute atomic E-state index is 13.9. The molecule has 0 radical (unpaired) electrons. The molecule has 1 nitrogen and oxygen atoms in total. The second kappa shape index (κ2) is 5.83. The SMILES string of the molecule is Fc1ccccc1-c1cc(-c2ccccc2)nc(C(F)(F)F)c1. The molecule has 23 heavy (non-hydrogen) atoms. The van der Waals surface area contributed by atoms with Crippen LogP contribution in [0.4, 0.5) is 17.6 Å². The summed E-state index contributed by atoms with van der Waals surface area (Å²) in [5, 5.41) is 0. The Morgan fingerprint density at radius 3 is 2.04 bits per heavy atom. The van der Waals surface area contributed by atoms with E-state index in [1.165, 1.54) is 24.3 Å². The van der Waals surface area contributed by atoms with Crippen LogP contribution in [0.2, 0.25) is 0 Å². The molecule has 0 bridgehead atoms. The number of hydrogen-bond acceptors (Lipinski definition) is 1. The largest absolute Gasteiger partial charge is 0.433 e. The highest BCUT2D eigenvalue weighted by Crippen LogP contribution is 2.34. The first-order valence-electron chi connectivity index (χ1n) is 6.85. The zero-order chi connectivity index (χ0) is 16.4. The van der Waals surface area contributed by atoms with Crippen molar-refractivity contribution < 1.29 is 17.6 Å². The van der Waals surface area contributed by atoms with E-state index in [9.17, 15) is 17.6 Å². The summed E-state index contributed by atoms with van der Waals surface area (Å²) in [5.41, 5.74) is -0.103. The summed E-state index contributed by atoms with van der Waals surface area (Å²) < 4.78 is 53.3. The van der Waals surface area contributed by atoms with Gasteiger partial charge in [0, 0.05) is 11.1 Å². The highest BCUT2D eigenvalue weighted by Gasteiger charge is 2.33. The van der Waals surface area contributed by atoms with E-state index in [2.05, 4.69) is 4.98 Å². The molecular weight excluding hydrogens is 306 g/mol. The molecule has 0 saturated carbocycles. The maximum atomic E-state index is 13.9. The third-order valence-electron chi connectivity index (χ3n) is 3.37. The van der Waals surface area contributed by atoms with Crippen LogP contribution in [-0.4, -0.2) is 4.98 Å². The van der Waals surface area contributed by atoms with Crippen LogP contribution in [0.3, 0.4) is 0 Å². The van der Waals surface area contributed by atoms with Crippen molar-refractivity contribution in [3.8, 4) is 22.4 Å². The molecule has 0 N–H and O–H groups in total. The molecule has 116 valence electrons. The summed E-state index contributed by atoms with van der Waals surface area (Å²) in [6.45, 7) is 0. The first-order valence-corrected chi connectivity index (χ1v) is 6.85. The van der Waals surface area contributed by atoms with Gasteiger partial charge in [-0.05, 0) is 23.8 Å². The summed E-state index contributed by atoms with van der Waals surface area (Å²) in [4.78, 5) is 3.68. The number of halogens is 4. The third-order valence-corrected chi connectivity index (χ3v) is 3.37. The minimum absolute atomic E-state index is 0.109. The van der Waals surface area contributed by atoms with Crippen LogP contribution in [0, 0.1) is 5.82 Å². The summed E-state index contributed by atoms with van der Waals surface area (Å²) >= 11 is 0. The Morgan fingerprint density at radius 2 is 1.39 bits per heavy atom. The molecule has 3 aromatic rings. The van der Waals surface area contributed by atoms with Gasteiger partial charge in [0.15, 0.2) is 0 Å². The molecule has 0 spiro atoms. The van der Waals surface area contributed by atoms with E-state index in [0.29, 0.717) is 5.56 Å². The zero-order valence-electron chi connectivity index (χ0n) is 11.8. The number of aromatic nitrogens is 1. The fourth-order valence-corrected chi connectivity index (χ4v) is 2.28. The van der Waals surface area contributed by atoms with Gasteiger partial charge in [-0.15, -0.1) is 0 Å². The Labute approximate surface area is 130 Å². The predicted octanol–water partition coefficient (Wildman–Crippen LogP) is 5.57. The van der Waals surface area contributed by atoms with Crippen LogP contribution in [0.1, 0.15) is 5.69 Å². The van der Waals surface area contributed by atoms with Crippen LogP contribution in [-0.2, 0) is 6.18 Å². The van der Waals surface area contributed by atoms with Gasteiger partial charge in [-0.1, -0.05) is 48.5 Å².